The Bertz CT molecular complexity index is 542. The summed E-state index contributed by atoms with van der Waals surface area (Å²) < 4.78 is 1.85. The van der Waals surface area contributed by atoms with Gasteiger partial charge in [-0.1, -0.05) is 26.0 Å². The standard InChI is InChI=1S/C12H19N5S/c1-7-8(2)18-9(14-7)6-17-10(12(3,4)5)11(13)15-16-17/h6,13H2,1-5H3. The predicted octanol–water partition coefficient (Wildman–Crippen LogP) is 2.28. The van der Waals surface area contributed by atoms with Gasteiger partial charge < -0.3 is 5.73 Å². The van der Waals surface area contributed by atoms with Crippen LogP contribution in [0.15, 0.2) is 0 Å². The molecule has 0 fully saturated rings. The fourth-order valence-corrected chi connectivity index (χ4v) is 2.86. The molecular formula is C12H19N5S. The average Bonchev–Trinajstić information content (AvgIpc) is 2.71. The van der Waals surface area contributed by atoms with E-state index in [0.29, 0.717) is 12.4 Å². The van der Waals surface area contributed by atoms with E-state index in [1.807, 2.05) is 11.6 Å². The van der Waals surface area contributed by atoms with Crippen LogP contribution in [0.25, 0.3) is 0 Å². The average molecular weight is 265 g/mol. The van der Waals surface area contributed by atoms with Crippen molar-refractivity contribution in [2.45, 2.75) is 46.6 Å². The van der Waals surface area contributed by atoms with Crippen LogP contribution in [-0.2, 0) is 12.0 Å². The smallest absolute Gasteiger partial charge is 0.169 e. The lowest BCUT2D eigenvalue weighted by Crippen LogP contribution is -2.20. The van der Waals surface area contributed by atoms with E-state index in [1.165, 1.54) is 4.88 Å². The summed E-state index contributed by atoms with van der Waals surface area (Å²) >= 11 is 1.70. The molecule has 0 saturated carbocycles. The number of aromatic nitrogens is 4. The summed E-state index contributed by atoms with van der Waals surface area (Å²) in [6, 6.07) is 0. The van der Waals surface area contributed by atoms with Crippen LogP contribution < -0.4 is 5.73 Å². The highest BCUT2D eigenvalue weighted by molar-refractivity contribution is 7.11. The van der Waals surface area contributed by atoms with Crippen molar-refractivity contribution in [3.05, 3.63) is 21.3 Å². The van der Waals surface area contributed by atoms with Crippen LogP contribution in [-0.4, -0.2) is 20.0 Å². The van der Waals surface area contributed by atoms with E-state index in [0.717, 1.165) is 16.4 Å². The number of anilines is 1. The van der Waals surface area contributed by atoms with Crippen molar-refractivity contribution in [3.63, 3.8) is 0 Å². The second-order valence-corrected chi connectivity index (χ2v) is 6.77. The Kier molecular flexibility index (Phi) is 3.14. The van der Waals surface area contributed by atoms with E-state index in [1.54, 1.807) is 11.3 Å². The number of rotatable bonds is 2. The third-order valence-corrected chi connectivity index (χ3v) is 3.89. The van der Waals surface area contributed by atoms with Crippen molar-refractivity contribution in [2.75, 3.05) is 5.73 Å². The maximum Gasteiger partial charge on any atom is 0.169 e. The van der Waals surface area contributed by atoms with Gasteiger partial charge in [0.1, 0.15) is 5.01 Å². The summed E-state index contributed by atoms with van der Waals surface area (Å²) in [5.41, 5.74) is 7.88. The summed E-state index contributed by atoms with van der Waals surface area (Å²) in [4.78, 5) is 5.77. The molecule has 0 amide bonds. The molecule has 6 heteroatoms. The summed E-state index contributed by atoms with van der Waals surface area (Å²) in [6.07, 6.45) is 0. The maximum absolute atomic E-state index is 5.90. The minimum atomic E-state index is -0.0745. The molecule has 0 aliphatic heterocycles. The number of nitrogen functional groups attached to an aromatic ring is 1. The summed E-state index contributed by atoms with van der Waals surface area (Å²) in [5.74, 6) is 0.507. The van der Waals surface area contributed by atoms with Crippen LogP contribution in [0.1, 0.15) is 42.0 Å². The van der Waals surface area contributed by atoms with Crippen molar-refractivity contribution >= 4 is 17.2 Å². The molecule has 0 saturated heterocycles. The van der Waals surface area contributed by atoms with E-state index in [9.17, 15) is 0 Å². The molecule has 0 aliphatic carbocycles. The lowest BCUT2D eigenvalue weighted by molar-refractivity contribution is 0.502. The van der Waals surface area contributed by atoms with Gasteiger partial charge in [-0.2, -0.15) is 0 Å². The molecule has 0 atom stereocenters. The van der Waals surface area contributed by atoms with Crippen LogP contribution >= 0.6 is 11.3 Å². The zero-order valence-corrected chi connectivity index (χ0v) is 12.3. The number of nitrogens with zero attached hydrogens (tertiary/aromatic N) is 4. The van der Waals surface area contributed by atoms with E-state index < -0.39 is 0 Å². The van der Waals surface area contributed by atoms with Gasteiger partial charge in [-0.3, -0.25) is 0 Å². The van der Waals surface area contributed by atoms with Gasteiger partial charge in [-0.25, -0.2) is 9.67 Å². The van der Waals surface area contributed by atoms with Gasteiger partial charge >= 0.3 is 0 Å². The van der Waals surface area contributed by atoms with Crippen LogP contribution in [0.3, 0.4) is 0 Å². The second kappa shape index (κ2) is 4.35. The number of nitrogens with two attached hydrogens (primary N) is 1. The van der Waals surface area contributed by atoms with Gasteiger partial charge in [0.05, 0.1) is 17.9 Å². The lowest BCUT2D eigenvalue weighted by Gasteiger charge is -2.19. The molecule has 98 valence electrons. The third-order valence-electron chi connectivity index (χ3n) is 2.83. The Hall–Kier alpha value is -1.43. The van der Waals surface area contributed by atoms with Gasteiger partial charge in [-0.05, 0) is 13.8 Å². The van der Waals surface area contributed by atoms with Crippen molar-refractivity contribution < 1.29 is 0 Å². The molecule has 2 N–H and O–H groups in total. The fourth-order valence-electron chi connectivity index (χ4n) is 1.94. The van der Waals surface area contributed by atoms with Gasteiger partial charge in [0.2, 0.25) is 0 Å². The first kappa shape index (κ1) is 13.0. The second-order valence-electron chi connectivity index (χ2n) is 5.48. The van der Waals surface area contributed by atoms with Crippen LogP contribution in [0.4, 0.5) is 5.82 Å². The topological polar surface area (TPSA) is 69.6 Å². The van der Waals surface area contributed by atoms with Crippen LogP contribution in [0, 0.1) is 13.8 Å². The van der Waals surface area contributed by atoms with E-state index in [4.69, 9.17) is 5.73 Å². The van der Waals surface area contributed by atoms with Crippen molar-refractivity contribution in [1.82, 2.24) is 20.0 Å². The molecular weight excluding hydrogens is 246 g/mol. The molecule has 5 nitrogen and oxygen atoms in total. The zero-order chi connectivity index (χ0) is 13.5. The largest absolute Gasteiger partial charge is 0.381 e. The van der Waals surface area contributed by atoms with Gasteiger partial charge in [0.25, 0.3) is 0 Å². The molecule has 2 aromatic rings. The molecule has 0 unspecified atom stereocenters. The summed E-state index contributed by atoms with van der Waals surface area (Å²) in [5, 5.41) is 9.14. The highest BCUT2D eigenvalue weighted by atomic mass is 32.1. The molecule has 0 bridgehead atoms. The predicted molar refractivity (Wildman–Crippen MR) is 73.8 cm³/mol. The molecule has 0 aliphatic rings. The van der Waals surface area contributed by atoms with Gasteiger partial charge in [0.15, 0.2) is 5.82 Å². The minimum Gasteiger partial charge on any atom is -0.381 e. The zero-order valence-electron chi connectivity index (χ0n) is 11.5. The SMILES string of the molecule is Cc1nc(Cn2nnc(N)c2C(C)(C)C)sc1C. The molecule has 0 radical (unpaired) electrons. The van der Waals surface area contributed by atoms with Gasteiger partial charge in [-0.15, -0.1) is 16.4 Å². The molecule has 18 heavy (non-hydrogen) atoms. The van der Waals surface area contributed by atoms with Crippen molar-refractivity contribution in [3.8, 4) is 0 Å². The number of hydrogen-bond donors (Lipinski definition) is 1. The van der Waals surface area contributed by atoms with Crippen molar-refractivity contribution in [1.29, 1.82) is 0 Å². The molecule has 2 aromatic heterocycles. The Balaban J connectivity index is 2.35. The first-order valence-corrected chi connectivity index (χ1v) is 6.73. The fraction of sp³-hybridized carbons (Fsp3) is 0.583. The van der Waals surface area contributed by atoms with E-state index in [2.05, 4.69) is 43.0 Å². The third kappa shape index (κ3) is 2.38. The maximum atomic E-state index is 5.90. The number of hydrogen-bond acceptors (Lipinski definition) is 5. The minimum absolute atomic E-state index is 0.0745. The normalized spacial score (nSPS) is 12.1. The highest BCUT2D eigenvalue weighted by Gasteiger charge is 2.24. The molecule has 2 heterocycles. The monoisotopic (exact) mass is 265 g/mol. The van der Waals surface area contributed by atoms with Crippen LogP contribution in [0.2, 0.25) is 0 Å². The Labute approximate surface area is 111 Å². The Morgan fingerprint density at radius 2 is 1.94 bits per heavy atom. The lowest BCUT2D eigenvalue weighted by atomic mass is 9.92. The Morgan fingerprint density at radius 1 is 1.28 bits per heavy atom. The number of aryl methyl sites for hydroxylation is 2. The first-order valence-electron chi connectivity index (χ1n) is 5.91. The van der Waals surface area contributed by atoms with Gasteiger partial charge in [0, 0.05) is 10.3 Å². The summed E-state index contributed by atoms with van der Waals surface area (Å²) in [6.45, 7) is 11.1. The quantitative estimate of drug-likeness (QED) is 0.904. The first-order chi connectivity index (χ1) is 8.29. The molecule has 0 aromatic carbocycles. The Morgan fingerprint density at radius 3 is 2.44 bits per heavy atom. The summed E-state index contributed by atoms with van der Waals surface area (Å²) in [7, 11) is 0. The molecule has 0 spiro atoms. The van der Waals surface area contributed by atoms with E-state index >= 15 is 0 Å². The molecule has 2 rings (SSSR count). The van der Waals surface area contributed by atoms with Crippen LogP contribution in [0.5, 0.6) is 0 Å². The highest BCUT2D eigenvalue weighted by Crippen LogP contribution is 2.27. The number of thiazole rings is 1. The van der Waals surface area contributed by atoms with Crippen molar-refractivity contribution in [2.24, 2.45) is 0 Å². The van der Waals surface area contributed by atoms with E-state index in [-0.39, 0.29) is 5.41 Å².